The molecule has 1 aromatic carbocycles. The molecule has 0 aliphatic heterocycles. The molecular formula is C15H23NO. The molecule has 2 rings (SSSR count). The van der Waals surface area contributed by atoms with Crippen LogP contribution in [0, 0.1) is 18.8 Å². The number of rotatable bonds is 4. The van der Waals surface area contributed by atoms with E-state index in [1.54, 1.807) is 0 Å². The van der Waals surface area contributed by atoms with Gasteiger partial charge in [0.05, 0.1) is 0 Å². The second-order valence-corrected chi connectivity index (χ2v) is 5.24. The third-order valence-electron chi connectivity index (χ3n) is 3.89. The molecule has 1 fully saturated rings. The second-order valence-electron chi connectivity index (χ2n) is 5.24. The predicted molar refractivity (Wildman–Crippen MR) is 72.2 cm³/mol. The summed E-state index contributed by atoms with van der Waals surface area (Å²) in [6.45, 7) is 3.46. The van der Waals surface area contributed by atoms with E-state index < -0.39 is 0 Å². The highest BCUT2D eigenvalue weighted by Gasteiger charge is 2.23. The van der Waals surface area contributed by atoms with E-state index in [1.807, 2.05) is 0 Å². The number of aliphatic hydroxyl groups is 1. The first-order chi connectivity index (χ1) is 8.29. The van der Waals surface area contributed by atoms with Gasteiger partial charge in [-0.2, -0.15) is 0 Å². The molecule has 1 saturated carbocycles. The Morgan fingerprint density at radius 1 is 1.24 bits per heavy atom. The maximum absolute atomic E-state index is 9.37. The highest BCUT2D eigenvalue weighted by molar-refractivity contribution is 5.45. The lowest BCUT2D eigenvalue weighted by Crippen LogP contribution is -2.28. The average Bonchev–Trinajstić information content (AvgIpc) is 2.37. The summed E-state index contributed by atoms with van der Waals surface area (Å²) in [5, 5.41) is 12.9. The Balaban J connectivity index is 1.88. The Kier molecular flexibility index (Phi) is 4.43. The molecule has 2 heteroatoms. The SMILES string of the molecule is Cc1cccc(NCC2CCCCC2CO)c1. The van der Waals surface area contributed by atoms with Gasteiger partial charge in [0.2, 0.25) is 0 Å². The standard InChI is InChI=1S/C15H23NO/c1-12-5-4-8-15(9-12)16-10-13-6-2-3-7-14(13)11-17/h4-5,8-9,13-14,16-17H,2-3,6-7,10-11H2,1H3. The largest absolute Gasteiger partial charge is 0.396 e. The van der Waals surface area contributed by atoms with Crippen molar-refractivity contribution in [3.63, 3.8) is 0 Å². The topological polar surface area (TPSA) is 32.3 Å². The van der Waals surface area contributed by atoms with Crippen molar-refractivity contribution in [2.75, 3.05) is 18.5 Å². The summed E-state index contributed by atoms with van der Waals surface area (Å²) in [7, 11) is 0. The lowest BCUT2D eigenvalue weighted by Gasteiger charge is -2.30. The van der Waals surface area contributed by atoms with Gasteiger partial charge in [-0.1, -0.05) is 25.0 Å². The van der Waals surface area contributed by atoms with Gasteiger partial charge in [-0.3, -0.25) is 0 Å². The van der Waals surface area contributed by atoms with Gasteiger partial charge >= 0.3 is 0 Å². The zero-order valence-electron chi connectivity index (χ0n) is 10.7. The Morgan fingerprint density at radius 2 is 2.00 bits per heavy atom. The Bertz CT molecular complexity index is 351. The van der Waals surface area contributed by atoms with Crippen LogP contribution in [-0.2, 0) is 0 Å². The third-order valence-corrected chi connectivity index (χ3v) is 3.89. The molecular weight excluding hydrogens is 210 g/mol. The van der Waals surface area contributed by atoms with Crippen molar-refractivity contribution in [3.05, 3.63) is 29.8 Å². The molecule has 0 amide bonds. The van der Waals surface area contributed by atoms with E-state index >= 15 is 0 Å². The summed E-state index contributed by atoms with van der Waals surface area (Å²) in [5.41, 5.74) is 2.49. The smallest absolute Gasteiger partial charge is 0.0462 e. The van der Waals surface area contributed by atoms with Crippen LogP contribution in [0.1, 0.15) is 31.2 Å². The molecule has 0 aromatic heterocycles. The molecule has 0 spiro atoms. The molecule has 0 bridgehead atoms. The summed E-state index contributed by atoms with van der Waals surface area (Å²) in [5.74, 6) is 1.13. The second kappa shape index (κ2) is 6.06. The molecule has 0 heterocycles. The van der Waals surface area contributed by atoms with Crippen LogP contribution in [0.15, 0.2) is 24.3 Å². The maximum Gasteiger partial charge on any atom is 0.0462 e. The lowest BCUT2D eigenvalue weighted by atomic mass is 9.79. The van der Waals surface area contributed by atoms with Gasteiger partial charge in [0.1, 0.15) is 0 Å². The zero-order chi connectivity index (χ0) is 12.1. The third kappa shape index (κ3) is 3.47. The van der Waals surface area contributed by atoms with Crippen LogP contribution in [0.2, 0.25) is 0 Å². The normalized spacial score (nSPS) is 24.6. The summed E-state index contributed by atoms with van der Waals surface area (Å²) in [6.07, 6.45) is 5.05. The van der Waals surface area contributed by atoms with Crippen molar-refractivity contribution in [1.29, 1.82) is 0 Å². The van der Waals surface area contributed by atoms with Gasteiger partial charge < -0.3 is 10.4 Å². The Hall–Kier alpha value is -1.02. The van der Waals surface area contributed by atoms with Gasteiger partial charge in [-0.15, -0.1) is 0 Å². The van der Waals surface area contributed by atoms with Crippen molar-refractivity contribution in [2.45, 2.75) is 32.6 Å². The van der Waals surface area contributed by atoms with Crippen molar-refractivity contribution in [2.24, 2.45) is 11.8 Å². The molecule has 2 N–H and O–H groups in total. The van der Waals surface area contributed by atoms with Crippen LogP contribution in [0.3, 0.4) is 0 Å². The molecule has 2 unspecified atom stereocenters. The molecule has 17 heavy (non-hydrogen) atoms. The minimum absolute atomic E-state index is 0.347. The van der Waals surface area contributed by atoms with Gasteiger partial charge in [-0.05, 0) is 49.3 Å². The minimum Gasteiger partial charge on any atom is -0.396 e. The van der Waals surface area contributed by atoms with Gasteiger partial charge in [-0.25, -0.2) is 0 Å². The van der Waals surface area contributed by atoms with E-state index in [2.05, 4.69) is 36.5 Å². The zero-order valence-corrected chi connectivity index (χ0v) is 10.7. The quantitative estimate of drug-likeness (QED) is 0.837. The van der Waals surface area contributed by atoms with Crippen molar-refractivity contribution in [3.8, 4) is 0 Å². The number of hydrogen-bond donors (Lipinski definition) is 2. The fraction of sp³-hybridized carbons (Fsp3) is 0.600. The van der Waals surface area contributed by atoms with E-state index in [0.717, 1.165) is 6.54 Å². The fourth-order valence-electron chi connectivity index (χ4n) is 2.80. The minimum atomic E-state index is 0.347. The van der Waals surface area contributed by atoms with Crippen LogP contribution < -0.4 is 5.32 Å². The molecule has 1 aliphatic rings. The van der Waals surface area contributed by atoms with Crippen LogP contribution >= 0.6 is 0 Å². The van der Waals surface area contributed by atoms with E-state index in [9.17, 15) is 5.11 Å². The van der Waals surface area contributed by atoms with Crippen molar-refractivity contribution < 1.29 is 5.11 Å². The van der Waals surface area contributed by atoms with Crippen LogP contribution in [0.4, 0.5) is 5.69 Å². The number of hydrogen-bond acceptors (Lipinski definition) is 2. The number of nitrogens with one attached hydrogen (secondary N) is 1. The maximum atomic E-state index is 9.37. The number of anilines is 1. The van der Waals surface area contributed by atoms with E-state index in [0.29, 0.717) is 18.4 Å². The molecule has 0 saturated heterocycles. The highest BCUT2D eigenvalue weighted by Crippen LogP contribution is 2.29. The van der Waals surface area contributed by atoms with Gasteiger partial charge in [0, 0.05) is 18.8 Å². The van der Waals surface area contributed by atoms with Crippen LogP contribution in [0.25, 0.3) is 0 Å². The van der Waals surface area contributed by atoms with Crippen LogP contribution in [-0.4, -0.2) is 18.3 Å². The molecule has 2 nitrogen and oxygen atoms in total. The summed E-state index contributed by atoms with van der Waals surface area (Å²) < 4.78 is 0. The Labute approximate surface area is 104 Å². The van der Waals surface area contributed by atoms with Crippen molar-refractivity contribution >= 4 is 5.69 Å². The predicted octanol–water partition coefficient (Wildman–Crippen LogP) is 3.21. The first-order valence-electron chi connectivity index (χ1n) is 6.71. The lowest BCUT2D eigenvalue weighted by molar-refractivity contribution is 0.141. The average molecular weight is 233 g/mol. The fourth-order valence-corrected chi connectivity index (χ4v) is 2.80. The van der Waals surface area contributed by atoms with E-state index in [1.165, 1.54) is 36.9 Å². The Morgan fingerprint density at radius 3 is 2.71 bits per heavy atom. The van der Waals surface area contributed by atoms with Gasteiger partial charge in [0.15, 0.2) is 0 Å². The summed E-state index contributed by atoms with van der Waals surface area (Å²) >= 11 is 0. The van der Waals surface area contributed by atoms with E-state index in [-0.39, 0.29) is 0 Å². The molecule has 94 valence electrons. The summed E-state index contributed by atoms with van der Waals surface area (Å²) in [6, 6.07) is 8.49. The highest BCUT2D eigenvalue weighted by atomic mass is 16.3. The molecule has 1 aromatic rings. The molecule has 0 radical (unpaired) electrons. The summed E-state index contributed by atoms with van der Waals surface area (Å²) in [4.78, 5) is 0. The first-order valence-corrected chi connectivity index (χ1v) is 6.71. The molecule has 1 aliphatic carbocycles. The van der Waals surface area contributed by atoms with Gasteiger partial charge in [0.25, 0.3) is 0 Å². The van der Waals surface area contributed by atoms with Crippen LogP contribution in [0.5, 0.6) is 0 Å². The number of benzene rings is 1. The first kappa shape index (κ1) is 12.4. The number of aliphatic hydroxyl groups excluding tert-OH is 1. The van der Waals surface area contributed by atoms with E-state index in [4.69, 9.17) is 0 Å². The monoisotopic (exact) mass is 233 g/mol. The number of aryl methyl sites for hydroxylation is 1. The van der Waals surface area contributed by atoms with Crippen molar-refractivity contribution in [1.82, 2.24) is 0 Å². The molecule has 2 atom stereocenters.